The highest BCUT2D eigenvalue weighted by Gasteiger charge is 2.85. The van der Waals surface area contributed by atoms with Crippen molar-refractivity contribution < 1.29 is 19.5 Å². The number of carbonyl (C=O) groups is 3. The third kappa shape index (κ3) is 2.61. The van der Waals surface area contributed by atoms with Crippen LogP contribution in [0, 0.1) is 17.3 Å². The summed E-state index contributed by atoms with van der Waals surface area (Å²) in [5, 5.41) is 9.02. The maximum absolute atomic E-state index is 12.9. The molecule has 3 N–H and O–H groups in total. The van der Waals surface area contributed by atoms with Crippen LogP contribution in [0.5, 0.6) is 0 Å². The van der Waals surface area contributed by atoms with E-state index in [0.717, 1.165) is 0 Å². The van der Waals surface area contributed by atoms with E-state index in [4.69, 9.17) is 69.6 Å². The number of alkyl halides is 6. The van der Waals surface area contributed by atoms with Crippen LogP contribution >= 0.6 is 101 Å². The van der Waals surface area contributed by atoms with Crippen LogP contribution < -0.4 is 10.9 Å². The van der Waals surface area contributed by atoms with Crippen molar-refractivity contribution in [2.75, 3.05) is 0 Å². The lowest BCUT2D eigenvalue weighted by molar-refractivity contribution is -0.147. The van der Waals surface area contributed by atoms with E-state index in [-0.39, 0.29) is 10.1 Å². The second kappa shape index (κ2) is 6.67. The van der Waals surface area contributed by atoms with Crippen molar-refractivity contribution in [3.63, 3.8) is 0 Å². The summed E-state index contributed by atoms with van der Waals surface area (Å²) in [4.78, 5) is 32.9. The molecule has 0 aromatic carbocycles. The predicted octanol–water partition coefficient (Wildman–Crippen LogP) is 4.19. The van der Waals surface area contributed by atoms with Crippen molar-refractivity contribution in [1.82, 2.24) is 10.9 Å². The molecule has 6 nitrogen and oxygen atoms in total. The smallest absolute Gasteiger partial charge is 0.309 e. The van der Waals surface area contributed by atoms with Crippen LogP contribution in [-0.4, -0.2) is 40.2 Å². The van der Waals surface area contributed by atoms with Gasteiger partial charge in [0.2, 0.25) is 11.8 Å². The fourth-order valence-electron chi connectivity index (χ4n) is 3.61. The first kappa shape index (κ1) is 23.5. The Hall–Kier alpha value is 0.850. The summed E-state index contributed by atoms with van der Waals surface area (Å²) < 4.78 is -2.82. The molecule has 0 unspecified atom stereocenters. The van der Waals surface area contributed by atoms with Crippen LogP contribution in [0.25, 0.3) is 0 Å². The molecular formula is C14H10Br2Cl6N2O4. The molecule has 2 amide bonds. The Morgan fingerprint density at radius 2 is 1.43 bits per heavy atom. The Labute approximate surface area is 206 Å². The number of carboxylic acid groups (broad SMARTS) is 1. The first-order valence-corrected chi connectivity index (χ1v) is 11.4. The van der Waals surface area contributed by atoms with E-state index in [1.807, 2.05) is 0 Å². The van der Waals surface area contributed by atoms with Crippen molar-refractivity contribution in [3.8, 4) is 0 Å². The summed E-state index contributed by atoms with van der Waals surface area (Å²) in [7, 11) is 0. The van der Waals surface area contributed by atoms with E-state index in [9.17, 15) is 19.5 Å². The summed E-state index contributed by atoms with van der Waals surface area (Å²) in [6, 6.07) is 0. The minimum absolute atomic E-state index is 0.325. The predicted molar refractivity (Wildman–Crippen MR) is 115 cm³/mol. The molecule has 2 bridgehead atoms. The summed E-state index contributed by atoms with van der Waals surface area (Å²) in [5.74, 6) is -6.34. The van der Waals surface area contributed by atoms with E-state index in [1.54, 1.807) is 6.92 Å². The number of allylic oxidation sites excluding steroid dienone is 2. The third-order valence-corrected chi connectivity index (χ3v) is 12.1. The van der Waals surface area contributed by atoms with Crippen molar-refractivity contribution in [2.45, 2.75) is 30.7 Å². The van der Waals surface area contributed by atoms with E-state index in [0.29, 0.717) is 6.42 Å². The Kier molecular flexibility index (Phi) is 5.60. The zero-order chi connectivity index (χ0) is 21.7. The fourth-order valence-corrected chi connectivity index (χ4v) is 8.02. The average Bonchev–Trinajstić information content (AvgIpc) is 3.03. The highest BCUT2D eigenvalue weighted by atomic mass is 79.9. The highest BCUT2D eigenvalue weighted by Crippen LogP contribution is 2.76. The van der Waals surface area contributed by atoms with Gasteiger partial charge in [0.25, 0.3) is 0 Å². The highest BCUT2D eigenvalue weighted by molar-refractivity contribution is 9.25. The molecule has 0 aromatic rings. The van der Waals surface area contributed by atoms with Gasteiger partial charge in [0.1, 0.15) is 9.75 Å². The molecular weight excluding hydrogens is 633 g/mol. The number of hydrogen-bond acceptors (Lipinski definition) is 3. The molecule has 0 saturated heterocycles. The first-order valence-electron chi connectivity index (χ1n) is 7.54. The van der Waals surface area contributed by atoms with Gasteiger partial charge in [-0.3, -0.25) is 25.2 Å². The number of fused-ring (bicyclic) bond motifs is 2. The lowest BCUT2D eigenvalue weighted by Gasteiger charge is -2.33. The topological polar surface area (TPSA) is 95.5 Å². The maximum Gasteiger partial charge on any atom is 0.309 e. The normalized spacial score (nSPS) is 42.3. The number of hydrogen-bond donors (Lipinski definition) is 3. The Bertz CT molecular complexity index is 854. The SMILES string of the molecule is C[C@]1(C(=O)NNC(=O)[C@@H]2[C@@H](C(=O)O)[C@@]3(Cl)C(Cl)=C(Cl)[C@@]2(Cl)C3(Cl)Cl)CC1(Br)Br. The first-order chi connectivity index (χ1) is 12.5. The molecule has 0 aliphatic heterocycles. The molecule has 28 heavy (non-hydrogen) atoms. The molecule has 0 spiro atoms. The van der Waals surface area contributed by atoms with Gasteiger partial charge >= 0.3 is 5.97 Å². The fraction of sp³-hybridized carbons (Fsp3) is 0.643. The van der Waals surface area contributed by atoms with Crippen molar-refractivity contribution in [1.29, 1.82) is 0 Å². The van der Waals surface area contributed by atoms with E-state index < -0.39 is 52.3 Å². The molecule has 156 valence electrons. The van der Waals surface area contributed by atoms with Crippen LogP contribution in [-0.2, 0) is 14.4 Å². The van der Waals surface area contributed by atoms with Gasteiger partial charge in [-0.05, 0) is 13.3 Å². The average molecular weight is 643 g/mol. The number of hydrazine groups is 1. The quantitative estimate of drug-likeness (QED) is 0.318. The summed E-state index contributed by atoms with van der Waals surface area (Å²) in [6.07, 6.45) is 0.462. The van der Waals surface area contributed by atoms with Crippen molar-refractivity contribution in [2.24, 2.45) is 17.3 Å². The standard InChI is InChI=1S/C14H10Br2Cl6N2O4/c1-10(2-11(10,15)16)9(28)24-23-7(25)3-4(8(26)27)13(20)6(18)5(17)12(3,19)14(13,21)22/h3-4H,2H2,1H3,(H,23,25)(H,24,28)(H,26,27)/t3-,4-,10+,12+,13+/m0/s1. The zero-order valence-corrected chi connectivity index (χ0v) is 21.3. The van der Waals surface area contributed by atoms with Crippen LogP contribution in [0.15, 0.2) is 10.1 Å². The zero-order valence-electron chi connectivity index (χ0n) is 13.6. The molecule has 0 heterocycles. The van der Waals surface area contributed by atoms with E-state index in [2.05, 4.69) is 42.7 Å². The second-order valence-corrected chi connectivity index (χ2v) is 14.1. The number of halogens is 8. The van der Waals surface area contributed by atoms with Crippen LogP contribution in [0.3, 0.4) is 0 Å². The largest absolute Gasteiger partial charge is 0.481 e. The Morgan fingerprint density at radius 3 is 1.82 bits per heavy atom. The second-order valence-electron chi connectivity index (χ2n) is 7.08. The minimum Gasteiger partial charge on any atom is -0.481 e. The minimum atomic E-state index is -2.21. The number of carboxylic acids is 1. The summed E-state index contributed by atoms with van der Waals surface area (Å²) >= 11 is 44.5. The maximum atomic E-state index is 12.9. The van der Waals surface area contributed by atoms with Gasteiger partial charge in [-0.25, -0.2) is 0 Å². The Morgan fingerprint density at radius 1 is 1.00 bits per heavy atom. The number of amides is 2. The van der Waals surface area contributed by atoms with Crippen molar-refractivity contribution >= 4 is 119 Å². The molecule has 2 saturated carbocycles. The van der Waals surface area contributed by atoms with Gasteiger partial charge in [-0.15, -0.1) is 23.2 Å². The lowest BCUT2D eigenvalue weighted by Crippen LogP contribution is -2.54. The molecule has 3 rings (SSSR count). The van der Waals surface area contributed by atoms with Gasteiger partial charge in [0.15, 0.2) is 4.33 Å². The molecule has 2 fully saturated rings. The molecule has 3 aliphatic rings. The Balaban J connectivity index is 1.92. The monoisotopic (exact) mass is 638 g/mol. The van der Waals surface area contributed by atoms with Gasteiger partial charge in [-0.1, -0.05) is 78.3 Å². The van der Waals surface area contributed by atoms with Gasteiger partial charge in [0, 0.05) is 0 Å². The number of carbonyl (C=O) groups excluding carboxylic acids is 2. The van der Waals surface area contributed by atoms with E-state index >= 15 is 0 Å². The van der Waals surface area contributed by atoms with Gasteiger partial charge in [0.05, 0.1) is 30.5 Å². The van der Waals surface area contributed by atoms with Gasteiger partial charge in [-0.2, -0.15) is 0 Å². The summed E-state index contributed by atoms with van der Waals surface area (Å²) in [5.41, 5.74) is 3.58. The molecule has 14 heteroatoms. The van der Waals surface area contributed by atoms with Crippen LogP contribution in [0.2, 0.25) is 0 Å². The van der Waals surface area contributed by atoms with Crippen molar-refractivity contribution in [3.05, 3.63) is 10.1 Å². The molecule has 3 aliphatic carbocycles. The molecule has 0 aromatic heterocycles. The molecule has 5 atom stereocenters. The lowest BCUT2D eigenvalue weighted by atomic mass is 9.81. The van der Waals surface area contributed by atoms with E-state index in [1.165, 1.54) is 0 Å². The number of aliphatic carboxylic acids is 1. The third-order valence-electron chi connectivity index (χ3n) is 5.54. The van der Waals surface area contributed by atoms with Gasteiger partial charge < -0.3 is 5.11 Å². The summed E-state index contributed by atoms with van der Waals surface area (Å²) in [6.45, 7) is 1.66. The molecule has 0 radical (unpaired) electrons. The van der Waals surface area contributed by atoms with Crippen LogP contribution in [0.4, 0.5) is 0 Å². The number of nitrogens with one attached hydrogen (secondary N) is 2. The van der Waals surface area contributed by atoms with Crippen LogP contribution in [0.1, 0.15) is 13.3 Å². The number of rotatable bonds is 3.